The van der Waals surface area contributed by atoms with Crippen molar-refractivity contribution >= 4 is 27.5 Å². The second-order valence-corrected chi connectivity index (χ2v) is 5.41. The van der Waals surface area contributed by atoms with E-state index >= 15 is 0 Å². The Balaban J connectivity index is 2.17. The van der Waals surface area contributed by atoms with Gasteiger partial charge in [-0.1, -0.05) is 13.3 Å². The van der Waals surface area contributed by atoms with E-state index in [-0.39, 0.29) is 5.91 Å². The Morgan fingerprint density at radius 1 is 1.59 bits per heavy atom. The lowest BCUT2D eigenvalue weighted by Gasteiger charge is -2.17. The Morgan fingerprint density at radius 3 is 3.00 bits per heavy atom. The number of carbonyl (C=O) groups is 1. The number of nitrogens with zero attached hydrogens (tertiary/aromatic N) is 1. The van der Waals surface area contributed by atoms with Crippen LogP contribution < -0.4 is 5.73 Å². The van der Waals surface area contributed by atoms with Crippen molar-refractivity contribution in [3.63, 3.8) is 0 Å². The molecular formula is C13H17BrN2O. The zero-order valence-corrected chi connectivity index (χ0v) is 11.5. The third-order valence-electron chi connectivity index (χ3n) is 3.37. The molecule has 1 atom stereocenters. The first-order valence-electron chi connectivity index (χ1n) is 5.96. The zero-order valence-electron chi connectivity index (χ0n) is 9.95. The fourth-order valence-electron chi connectivity index (χ4n) is 2.23. The zero-order chi connectivity index (χ0) is 12.4. The molecular weight excluding hydrogens is 280 g/mol. The van der Waals surface area contributed by atoms with Gasteiger partial charge in [0.1, 0.15) is 0 Å². The lowest BCUT2D eigenvalue weighted by atomic mass is 10.1. The predicted octanol–water partition coefficient (Wildman–Crippen LogP) is 2.90. The number of anilines is 1. The van der Waals surface area contributed by atoms with Gasteiger partial charge in [0, 0.05) is 23.2 Å². The molecule has 0 saturated carbocycles. The topological polar surface area (TPSA) is 46.3 Å². The number of likely N-dealkylation sites (tertiary alicyclic amines) is 1. The van der Waals surface area contributed by atoms with E-state index in [4.69, 9.17) is 5.73 Å². The first-order valence-corrected chi connectivity index (χ1v) is 6.75. The number of amides is 1. The van der Waals surface area contributed by atoms with Crippen LogP contribution in [0.25, 0.3) is 0 Å². The van der Waals surface area contributed by atoms with Crippen LogP contribution >= 0.6 is 15.9 Å². The van der Waals surface area contributed by atoms with Gasteiger partial charge in [-0.2, -0.15) is 0 Å². The number of halogens is 1. The van der Waals surface area contributed by atoms with E-state index in [1.54, 1.807) is 12.1 Å². The Bertz CT molecular complexity index is 433. The molecule has 1 aliphatic heterocycles. The lowest BCUT2D eigenvalue weighted by molar-refractivity contribution is 0.0786. The summed E-state index contributed by atoms with van der Waals surface area (Å²) in [5.74, 6) is 0.735. The normalized spacial score (nSPS) is 19.6. The fraction of sp³-hybridized carbons (Fsp3) is 0.462. The maximum absolute atomic E-state index is 12.3. The molecule has 0 radical (unpaired) electrons. The molecule has 0 aromatic heterocycles. The largest absolute Gasteiger partial charge is 0.399 e. The minimum absolute atomic E-state index is 0.0834. The highest BCUT2D eigenvalue weighted by atomic mass is 79.9. The summed E-state index contributed by atoms with van der Waals surface area (Å²) in [5, 5.41) is 0. The van der Waals surface area contributed by atoms with E-state index in [2.05, 4.69) is 22.9 Å². The second-order valence-electron chi connectivity index (χ2n) is 4.55. The summed E-state index contributed by atoms with van der Waals surface area (Å²) >= 11 is 3.41. The molecule has 1 heterocycles. The molecule has 92 valence electrons. The molecule has 2 N–H and O–H groups in total. The highest BCUT2D eigenvalue weighted by Gasteiger charge is 2.26. The molecule has 1 aromatic rings. The fourth-order valence-corrected chi connectivity index (χ4v) is 2.64. The van der Waals surface area contributed by atoms with Gasteiger partial charge in [0.25, 0.3) is 5.91 Å². The number of carbonyl (C=O) groups excluding carboxylic acids is 1. The van der Waals surface area contributed by atoms with E-state index in [1.165, 1.54) is 0 Å². The lowest BCUT2D eigenvalue weighted by Crippen LogP contribution is -2.29. The smallest absolute Gasteiger partial charge is 0.255 e. The van der Waals surface area contributed by atoms with Gasteiger partial charge in [-0.05, 0) is 46.5 Å². The highest BCUT2D eigenvalue weighted by molar-refractivity contribution is 9.10. The molecule has 1 saturated heterocycles. The molecule has 0 bridgehead atoms. The van der Waals surface area contributed by atoms with Crippen LogP contribution in [-0.2, 0) is 0 Å². The summed E-state index contributed by atoms with van der Waals surface area (Å²) in [6.45, 7) is 3.91. The van der Waals surface area contributed by atoms with Crippen molar-refractivity contribution in [2.24, 2.45) is 5.92 Å². The van der Waals surface area contributed by atoms with Crippen molar-refractivity contribution in [1.29, 1.82) is 0 Å². The van der Waals surface area contributed by atoms with Gasteiger partial charge < -0.3 is 10.6 Å². The van der Waals surface area contributed by atoms with Crippen molar-refractivity contribution in [3.8, 4) is 0 Å². The third-order valence-corrected chi connectivity index (χ3v) is 4.06. The van der Waals surface area contributed by atoms with Gasteiger partial charge in [0.15, 0.2) is 0 Å². The molecule has 0 spiro atoms. The average Bonchev–Trinajstić information content (AvgIpc) is 2.80. The Morgan fingerprint density at radius 2 is 2.35 bits per heavy atom. The Hall–Kier alpha value is -1.03. The van der Waals surface area contributed by atoms with Crippen LogP contribution in [0.15, 0.2) is 22.7 Å². The van der Waals surface area contributed by atoms with Crippen LogP contribution in [0.5, 0.6) is 0 Å². The van der Waals surface area contributed by atoms with Gasteiger partial charge in [0.2, 0.25) is 0 Å². The van der Waals surface area contributed by atoms with Crippen molar-refractivity contribution < 1.29 is 4.79 Å². The number of nitrogens with two attached hydrogens (primary N) is 1. The second kappa shape index (κ2) is 5.08. The number of hydrogen-bond acceptors (Lipinski definition) is 2. The molecule has 1 aliphatic rings. The van der Waals surface area contributed by atoms with Crippen LogP contribution in [0.1, 0.15) is 30.1 Å². The quantitative estimate of drug-likeness (QED) is 0.853. The van der Waals surface area contributed by atoms with Crippen LogP contribution in [0, 0.1) is 5.92 Å². The summed E-state index contributed by atoms with van der Waals surface area (Å²) in [6, 6.07) is 5.36. The standard InChI is InChI=1S/C13H17BrN2O/c1-2-9-5-6-16(8-9)13(17)11-7-10(15)3-4-12(11)14/h3-4,7,9H,2,5-6,8,15H2,1H3. The minimum atomic E-state index is 0.0834. The van der Waals surface area contributed by atoms with Gasteiger partial charge in [-0.25, -0.2) is 0 Å². The third kappa shape index (κ3) is 2.63. The van der Waals surface area contributed by atoms with Crippen molar-refractivity contribution in [2.45, 2.75) is 19.8 Å². The molecule has 1 unspecified atom stereocenters. The number of hydrogen-bond donors (Lipinski definition) is 1. The summed E-state index contributed by atoms with van der Waals surface area (Å²) in [5.41, 5.74) is 7.02. The first kappa shape index (κ1) is 12.4. The van der Waals surface area contributed by atoms with Crippen LogP contribution in [0.2, 0.25) is 0 Å². The maximum Gasteiger partial charge on any atom is 0.255 e. The van der Waals surface area contributed by atoms with Crippen LogP contribution in [-0.4, -0.2) is 23.9 Å². The van der Waals surface area contributed by atoms with Crippen LogP contribution in [0.3, 0.4) is 0 Å². The van der Waals surface area contributed by atoms with E-state index < -0.39 is 0 Å². The molecule has 2 rings (SSSR count). The molecule has 4 heteroatoms. The van der Waals surface area contributed by atoms with Gasteiger partial charge >= 0.3 is 0 Å². The van der Waals surface area contributed by atoms with E-state index in [0.717, 1.165) is 30.4 Å². The van der Waals surface area contributed by atoms with Crippen molar-refractivity contribution in [2.75, 3.05) is 18.8 Å². The Kier molecular flexibility index (Phi) is 3.72. The minimum Gasteiger partial charge on any atom is -0.399 e. The van der Waals surface area contributed by atoms with Gasteiger partial charge in [0.05, 0.1) is 5.56 Å². The Labute approximate surface area is 110 Å². The van der Waals surface area contributed by atoms with Crippen molar-refractivity contribution in [1.82, 2.24) is 4.90 Å². The van der Waals surface area contributed by atoms with E-state index in [1.807, 2.05) is 11.0 Å². The van der Waals surface area contributed by atoms with E-state index in [9.17, 15) is 4.79 Å². The highest BCUT2D eigenvalue weighted by Crippen LogP contribution is 2.25. The van der Waals surface area contributed by atoms with Crippen molar-refractivity contribution in [3.05, 3.63) is 28.2 Å². The molecule has 17 heavy (non-hydrogen) atoms. The molecule has 1 amide bonds. The van der Waals surface area contributed by atoms with Gasteiger partial charge in [-0.3, -0.25) is 4.79 Å². The summed E-state index contributed by atoms with van der Waals surface area (Å²) in [4.78, 5) is 14.2. The molecule has 0 aliphatic carbocycles. The summed E-state index contributed by atoms with van der Waals surface area (Å²) in [6.07, 6.45) is 2.25. The van der Waals surface area contributed by atoms with E-state index in [0.29, 0.717) is 17.2 Å². The first-order chi connectivity index (χ1) is 8.11. The maximum atomic E-state index is 12.3. The van der Waals surface area contributed by atoms with Crippen LogP contribution in [0.4, 0.5) is 5.69 Å². The summed E-state index contributed by atoms with van der Waals surface area (Å²) in [7, 11) is 0. The molecule has 1 fully saturated rings. The van der Waals surface area contributed by atoms with Gasteiger partial charge in [-0.15, -0.1) is 0 Å². The average molecular weight is 297 g/mol. The SMILES string of the molecule is CCC1CCN(C(=O)c2cc(N)ccc2Br)C1. The molecule has 1 aromatic carbocycles. The predicted molar refractivity (Wildman–Crippen MR) is 72.9 cm³/mol. The monoisotopic (exact) mass is 296 g/mol. The number of rotatable bonds is 2. The summed E-state index contributed by atoms with van der Waals surface area (Å²) < 4.78 is 0.816. The number of benzene rings is 1. The molecule has 3 nitrogen and oxygen atoms in total. The number of nitrogen functional groups attached to an aromatic ring is 1.